The van der Waals surface area contributed by atoms with E-state index in [0.29, 0.717) is 43.0 Å². The van der Waals surface area contributed by atoms with Gasteiger partial charge in [-0.25, -0.2) is 0 Å². The van der Waals surface area contributed by atoms with E-state index in [-0.39, 0.29) is 34.8 Å². The van der Waals surface area contributed by atoms with Gasteiger partial charge < -0.3 is 24.6 Å². The minimum absolute atomic E-state index is 0.0429. The molecule has 37 heavy (non-hydrogen) atoms. The van der Waals surface area contributed by atoms with Gasteiger partial charge in [0.1, 0.15) is 28.4 Å². The summed E-state index contributed by atoms with van der Waals surface area (Å²) in [5.41, 5.74) is 0.463. The number of phenols is 3. The van der Waals surface area contributed by atoms with Gasteiger partial charge >= 0.3 is 6.18 Å². The average molecular weight is 512 g/mol. The Labute approximate surface area is 209 Å². The number of hydrogen-bond donors (Lipinski definition) is 3. The molecule has 0 atom stereocenters. The van der Waals surface area contributed by atoms with Gasteiger partial charge in [0.15, 0.2) is 11.0 Å². The zero-order valence-electron chi connectivity index (χ0n) is 19.5. The summed E-state index contributed by atoms with van der Waals surface area (Å²) >= 11 is 0. The fourth-order valence-corrected chi connectivity index (χ4v) is 4.52. The lowest BCUT2D eigenvalue weighted by molar-refractivity contribution is -0.137. The normalized spacial score (nSPS) is 14.8. The molecule has 1 aliphatic rings. The average Bonchev–Trinajstić information content (AvgIpc) is 2.86. The highest BCUT2D eigenvalue weighted by Crippen LogP contribution is 2.36. The van der Waals surface area contributed by atoms with Crippen molar-refractivity contribution in [2.75, 3.05) is 31.1 Å². The van der Waals surface area contributed by atoms with Gasteiger partial charge in [-0.2, -0.15) is 13.2 Å². The number of benzene rings is 3. The molecule has 5 rings (SSSR count). The van der Waals surface area contributed by atoms with Crippen molar-refractivity contribution in [3.8, 4) is 28.6 Å². The van der Waals surface area contributed by atoms with Crippen LogP contribution in [0.2, 0.25) is 0 Å². The number of rotatable bonds is 4. The third-order valence-corrected chi connectivity index (χ3v) is 6.53. The number of fused-ring (bicyclic) bond motifs is 1. The van der Waals surface area contributed by atoms with Crippen molar-refractivity contribution in [1.82, 2.24) is 4.90 Å². The summed E-state index contributed by atoms with van der Waals surface area (Å²) in [7, 11) is 0. The topological polar surface area (TPSA) is 97.4 Å². The van der Waals surface area contributed by atoms with Gasteiger partial charge in [0.2, 0.25) is 0 Å². The molecule has 0 saturated carbocycles. The van der Waals surface area contributed by atoms with Crippen LogP contribution >= 0.6 is 0 Å². The maximum Gasteiger partial charge on any atom is 0.416 e. The molecular weight excluding hydrogens is 489 g/mol. The van der Waals surface area contributed by atoms with E-state index in [0.717, 1.165) is 18.2 Å². The van der Waals surface area contributed by atoms with Gasteiger partial charge in [-0.3, -0.25) is 9.69 Å². The van der Waals surface area contributed by atoms with E-state index in [9.17, 15) is 33.3 Å². The van der Waals surface area contributed by atoms with Gasteiger partial charge in [-0.05, 0) is 48.5 Å². The van der Waals surface area contributed by atoms with Crippen molar-refractivity contribution in [3.05, 3.63) is 82.0 Å². The molecule has 0 aliphatic carbocycles. The lowest BCUT2D eigenvalue weighted by atomic mass is 10.1. The smallest absolute Gasteiger partial charge is 0.416 e. The molecule has 0 spiro atoms. The quantitative estimate of drug-likeness (QED) is 0.357. The summed E-state index contributed by atoms with van der Waals surface area (Å²) in [6.45, 7) is 2.41. The predicted molar refractivity (Wildman–Crippen MR) is 132 cm³/mol. The number of nitrogens with zero attached hydrogens (tertiary/aromatic N) is 2. The summed E-state index contributed by atoms with van der Waals surface area (Å²) in [4.78, 5) is 16.9. The third-order valence-electron chi connectivity index (χ3n) is 6.53. The molecule has 1 saturated heterocycles. The summed E-state index contributed by atoms with van der Waals surface area (Å²) in [6, 6.07) is 13.5. The van der Waals surface area contributed by atoms with E-state index in [4.69, 9.17) is 4.42 Å². The number of anilines is 1. The van der Waals surface area contributed by atoms with Crippen LogP contribution in [0.25, 0.3) is 22.3 Å². The van der Waals surface area contributed by atoms with E-state index in [1.165, 1.54) is 30.3 Å². The molecule has 2 heterocycles. The maximum absolute atomic E-state index is 12.9. The van der Waals surface area contributed by atoms with Crippen LogP contribution in [0.4, 0.5) is 18.9 Å². The van der Waals surface area contributed by atoms with Gasteiger partial charge in [-0.15, -0.1) is 0 Å². The first-order valence-corrected chi connectivity index (χ1v) is 11.6. The first kappa shape index (κ1) is 24.5. The molecule has 0 unspecified atom stereocenters. The lowest BCUT2D eigenvalue weighted by Gasteiger charge is -2.36. The Morgan fingerprint density at radius 1 is 0.838 bits per heavy atom. The maximum atomic E-state index is 12.9. The highest BCUT2D eigenvalue weighted by atomic mass is 19.4. The molecule has 3 N–H and O–H groups in total. The molecule has 7 nitrogen and oxygen atoms in total. The van der Waals surface area contributed by atoms with Crippen molar-refractivity contribution < 1.29 is 32.9 Å². The molecule has 1 aliphatic heterocycles. The number of aromatic hydroxyl groups is 3. The molecule has 0 amide bonds. The number of hydrogen-bond acceptors (Lipinski definition) is 7. The molecule has 192 valence electrons. The third kappa shape index (κ3) is 4.92. The molecule has 0 bridgehead atoms. The standard InChI is InChI=1S/C27H23F3N2O5/c28-27(29,30)17-3-5-18(6-4-17)32-11-9-31(10-12-32)15-20-21(34)13-22(35)25-23(36)14-24(37-26(20)25)16-1-7-19(33)8-2-16/h1-8,13-14,33-35H,9-12,15H2. The molecule has 1 fully saturated rings. The zero-order chi connectivity index (χ0) is 26.3. The Bertz CT molecular complexity index is 1490. The van der Waals surface area contributed by atoms with Crippen LogP contribution in [-0.2, 0) is 12.7 Å². The Hall–Kier alpha value is -4.18. The van der Waals surface area contributed by atoms with E-state index in [1.807, 2.05) is 9.80 Å². The Morgan fingerprint density at radius 2 is 1.49 bits per heavy atom. The molecule has 4 aromatic rings. The van der Waals surface area contributed by atoms with Crippen molar-refractivity contribution in [1.29, 1.82) is 0 Å². The largest absolute Gasteiger partial charge is 0.508 e. The fraction of sp³-hybridized carbons (Fsp3) is 0.222. The highest BCUT2D eigenvalue weighted by Gasteiger charge is 2.30. The SMILES string of the molecule is O=c1cc(-c2ccc(O)cc2)oc2c(CN3CCN(c4ccc(C(F)(F)F)cc4)CC3)c(O)cc(O)c12. The van der Waals surface area contributed by atoms with Crippen LogP contribution in [-0.4, -0.2) is 46.4 Å². The summed E-state index contributed by atoms with van der Waals surface area (Å²) < 4.78 is 44.6. The van der Waals surface area contributed by atoms with E-state index in [1.54, 1.807) is 12.1 Å². The zero-order valence-corrected chi connectivity index (χ0v) is 19.5. The van der Waals surface area contributed by atoms with Crippen LogP contribution in [0, 0.1) is 0 Å². The Balaban J connectivity index is 1.39. The number of piperazine rings is 1. The molecule has 0 radical (unpaired) electrons. The number of phenolic OH excluding ortho intramolecular Hbond substituents is 3. The molecular formula is C27H23F3N2O5. The number of alkyl halides is 3. The van der Waals surface area contributed by atoms with Crippen LogP contribution in [0.5, 0.6) is 17.2 Å². The van der Waals surface area contributed by atoms with E-state index >= 15 is 0 Å². The van der Waals surface area contributed by atoms with E-state index in [2.05, 4.69) is 0 Å². The monoisotopic (exact) mass is 512 g/mol. The van der Waals surface area contributed by atoms with Gasteiger partial charge in [0.05, 0.1) is 11.1 Å². The van der Waals surface area contributed by atoms with Crippen molar-refractivity contribution in [2.45, 2.75) is 12.7 Å². The lowest BCUT2D eigenvalue weighted by Crippen LogP contribution is -2.46. The van der Waals surface area contributed by atoms with Crippen molar-refractivity contribution in [3.63, 3.8) is 0 Å². The Kier molecular flexibility index (Phi) is 6.20. The highest BCUT2D eigenvalue weighted by molar-refractivity contribution is 5.89. The van der Waals surface area contributed by atoms with Crippen molar-refractivity contribution in [2.24, 2.45) is 0 Å². The first-order valence-electron chi connectivity index (χ1n) is 11.6. The fourth-order valence-electron chi connectivity index (χ4n) is 4.52. The molecule has 1 aromatic heterocycles. The minimum atomic E-state index is -4.39. The summed E-state index contributed by atoms with van der Waals surface area (Å²) in [5.74, 6) is -0.343. The molecule has 3 aromatic carbocycles. The van der Waals surface area contributed by atoms with Crippen LogP contribution in [0.15, 0.2) is 69.9 Å². The van der Waals surface area contributed by atoms with Gasteiger partial charge in [-0.1, -0.05) is 0 Å². The minimum Gasteiger partial charge on any atom is -0.508 e. The number of halogens is 3. The second-order valence-electron chi connectivity index (χ2n) is 8.93. The molecule has 10 heteroatoms. The van der Waals surface area contributed by atoms with Gasteiger partial charge in [0, 0.05) is 56.1 Å². The first-order chi connectivity index (χ1) is 17.6. The second kappa shape index (κ2) is 9.36. The van der Waals surface area contributed by atoms with Crippen LogP contribution in [0.3, 0.4) is 0 Å². The van der Waals surface area contributed by atoms with Crippen LogP contribution in [0.1, 0.15) is 11.1 Å². The van der Waals surface area contributed by atoms with Crippen LogP contribution < -0.4 is 10.3 Å². The van der Waals surface area contributed by atoms with Gasteiger partial charge in [0.25, 0.3) is 0 Å². The summed E-state index contributed by atoms with van der Waals surface area (Å²) in [5, 5.41) is 30.5. The summed E-state index contributed by atoms with van der Waals surface area (Å²) in [6.07, 6.45) is -4.39. The predicted octanol–water partition coefficient (Wildman–Crippen LogP) is 4.92. The van der Waals surface area contributed by atoms with Crippen molar-refractivity contribution >= 4 is 16.7 Å². The second-order valence-corrected chi connectivity index (χ2v) is 8.93. The Morgan fingerprint density at radius 3 is 2.11 bits per heavy atom. The van der Waals surface area contributed by atoms with E-state index < -0.39 is 22.9 Å².